The zero-order valence-corrected chi connectivity index (χ0v) is 14.7. The Labute approximate surface area is 158 Å². The number of hydrogen-bond donors (Lipinski definition) is 2. The van der Waals surface area contributed by atoms with Crippen LogP contribution in [0.15, 0.2) is 54.6 Å². The summed E-state index contributed by atoms with van der Waals surface area (Å²) in [6.45, 7) is 0. The van der Waals surface area contributed by atoms with Gasteiger partial charge in [-0.15, -0.1) is 0 Å². The Morgan fingerprint density at radius 3 is 2.59 bits per heavy atom. The molecule has 2 aromatic carbocycles. The van der Waals surface area contributed by atoms with E-state index in [9.17, 15) is 14.0 Å². The van der Waals surface area contributed by atoms with Crippen LogP contribution in [0.1, 0.15) is 12.5 Å². The lowest BCUT2D eigenvalue weighted by Crippen LogP contribution is -2.35. The quantitative estimate of drug-likeness (QED) is 0.719. The van der Waals surface area contributed by atoms with E-state index in [2.05, 4.69) is 15.7 Å². The number of aromatic nitrogens is 2. The minimum atomic E-state index is -0.793. The van der Waals surface area contributed by atoms with Crippen LogP contribution in [0.4, 0.5) is 15.9 Å². The summed E-state index contributed by atoms with van der Waals surface area (Å²) in [6.07, 6.45) is -0.0308. The number of halogens is 2. The van der Waals surface area contributed by atoms with Crippen LogP contribution in [0.5, 0.6) is 0 Å². The Balaban J connectivity index is 1.63. The molecule has 1 aliphatic heterocycles. The van der Waals surface area contributed by atoms with Gasteiger partial charge in [-0.1, -0.05) is 11.6 Å². The maximum absolute atomic E-state index is 13.1. The number of amides is 2. The maximum Gasteiger partial charge on any atom is 0.249 e. The number of carbonyl (C=O) groups excluding carboxylic acids is 2. The topological polar surface area (TPSA) is 76.0 Å². The Morgan fingerprint density at radius 1 is 1.19 bits per heavy atom. The van der Waals surface area contributed by atoms with Gasteiger partial charge in [0.2, 0.25) is 11.8 Å². The third-order valence-corrected chi connectivity index (χ3v) is 4.48. The number of nitrogens with zero attached hydrogens (tertiary/aromatic N) is 2. The van der Waals surface area contributed by atoms with Crippen molar-refractivity contribution in [2.45, 2.75) is 12.5 Å². The molecule has 136 valence electrons. The molecule has 2 amide bonds. The van der Waals surface area contributed by atoms with Crippen molar-refractivity contribution in [2.75, 3.05) is 10.6 Å². The molecule has 3 aromatic rings. The summed E-state index contributed by atoms with van der Waals surface area (Å²) >= 11 is 5.85. The van der Waals surface area contributed by atoms with Crippen molar-refractivity contribution in [1.29, 1.82) is 0 Å². The number of anilines is 2. The first kappa shape index (κ1) is 17.2. The molecule has 6 nitrogen and oxygen atoms in total. The average Bonchev–Trinajstić information content (AvgIpc) is 3.07. The number of rotatable bonds is 3. The predicted molar refractivity (Wildman–Crippen MR) is 100.0 cm³/mol. The molecule has 0 saturated carbocycles. The van der Waals surface area contributed by atoms with Gasteiger partial charge in [0.05, 0.1) is 12.1 Å². The van der Waals surface area contributed by atoms with Gasteiger partial charge in [-0.05, 0) is 48.5 Å². The van der Waals surface area contributed by atoms with Crippen LogP contribution in [0.25, 0.3) is 11.3 Å². The lowest BCUT2D eigenvalue weighted by Gasteiger charge is -2.23. The van der Waals surface area contributed by atoms with Gasteiger partial charge in [0.1, 0.15) is 17.7 Å². The van der Waals surface area contributed by atoms with Crippen molar-refractivity contribution in [3.05, 3.63) is 65.4 Å². The zero-order valence-electron chi connectivity index (χ0n) is 13.9. The van der Waals surface area contributed by atoms with Crippen LogP contribution in [0.2, 0.25) is 5.02 Å². The molecule has 0 bridgehead atoms. The molecule has 0 aliphatic carbocycles. The Bertz CT molecular complexity index is 1020. The molecule has 1 aliphatic rings. The fourth-order valence-corrected chi connectivity index (χ4v) is 3.03. The number of nitrogens with one attached hydrogen (secondary N) is 2. The molecule has 4 rings (SSSR count). The Hall–Kier alpha value is -3.19. The van der Waals surface area contributed by atoms with Gasteiger partial charge < -0.3 is 10.6 Å². The molecule has 8 heteroatoms. The van der Waals surface area contributed by atoms with E-state index in [1.165, 1.54) is 16.8 Å². The molecule has 27 heavy (non-hydrogen) atoms. The van der Waals surface area contributed by atoms with Gasteiger partial charge in [0.25, 0.3) is 0 Å². The van der Waals surface area contributed by atoms with Crippen molar-refractivity contribution in [3.8, 4) is 11.3 Å². The Morgan fingerprint density at radius 2 is 1.89 bits per heavy atom. The SMILES string of the molecule is O=C1CC(C(=O)Nc2ccc(Cl)cc2)n2nc(-c3ccc(F)cc3)cc2N1. The molecule has 1 atom stereocenters. The molecule has 2 N–H and O–H groups in total. The van der Waals surface area contributed by atoms with Crippen molar-refractivity contribution < 1.29 is 14.0 Å². The van der Waals surface area contributed by atoms with Gasteiger partial charge >= 0.3 is 0 Å². The third kappa shape index (κ3) is 3.54. The lowest BCUT2D eigenvalue weighted by atomic mass is 10.1. The Kier molecular flexibility index (Phi) is 4.37. The molecule has 0 spiro atoms. The van der Waals surface area contributed by atoms with E-state index in [0.717, 1.165) is 0 Å². The van der Waals surface area contributed by atoms with Gasteiger partial charge in [-0.3, -0.25) is 9.59 Å². The summed E-state index contributed by atoms with van der Waals surface area (Å²) in [5.41, 5.74) is 1.80. The van der Waals surface area contributed by atoms with E-state index in [0.29, 0.717) is 27.8 Å². The molecule has 0 fully saturated rings. The first-order valence-electron chi connectivity index (χ1n) is 8.21. The highest BCUT2D eigenvalue weighted by atomic mass is 35.5. The summed E-state index contributed by atoms with van der Waals surface area (Å²) in [4.78, 5) is 24.7. The fourth-order valence-electron chi connectivity index (χ4n) is 2.91. The van der Waals surface area contributed by atoms with Gasteiger partial charge in [-0.2, -0.15) is 5.10 Å². The van der Waals surface area contributed by atoms with Gasteiger partial charge in [-0.25, -0.2) is 9.07 Å². The molecule has 2 heterocycles. The second kappa shape index (κ2) is 6.85. The number of hydrogen-bond acceptors (Lipinski definition) is 3. The minimum Gasteiger partial charge on any atom is -0.324 e. The molecule has 0 saturated heterocycles. The largest absolute Gasteiger partial charge is 0.324 e. The maximum atomic E-state index is 13.1. The van der Waals surface area contributed by atoms with Crippen LogP contribution in [-0.4, -0.2) is 21.6 Å². The standard InChI is InChI=1S/C19H14ClFN4O2/c20-12-3-7-14(8-4-12)22-19(27)16-10-18(26)23-17-9-15(24-25(16)17)11-1-5-13(21)6-2-11/h1-9,16H,10H2,(H,22,27)(H,23,26). The highest BCUT2D eigenvalue weighted by Gasteiger charge is 2.32. The van der Waals surface area contributed by atoms with Crippen LogP contribution >= 0.6 is 11.6 Å². The zero-order chi connectivity index (χ0) is 19.0. The second-order valence-corrected chi connectivity index (χ2v) is 6.57. The molecular weight excluding hydrogens is 371 g/mol. The van der Waals surface area contributed by atoms with Crippen molar-refractivity contribution in [2.24, 2.45) is 0 Å². The van der Waals surface area contributed by atoms with E-state index in [4.69, 9.17) is 11.6 Å². The first-order valence-corrected chi connectivity index (χ1v) is 8.59. The van der Waals surface area contributed by atoms with E-state index in [1.807, 2.05) is 0 Å². The summed E-state index contributed by atoms with van der Waals surface area (Å²) in [5.74, 6) is -0.565. The average molecular weight is 385 g/mol. The summed E-state index contributed by atoms with van der Waals surface area (Å²) in [5, 5.41) is 10.5. The van der Waals surface area contributed by atoms with Crippen molar-refractivity contribution >= 4 is 34.9 Å². The number of fused-ring (bicyclic) bond motifs is 1. The number of benzene rings is 2. The highest BCUT2D eigenvalue weighted by Crippen LogP contribution is 2.30. The second-order valence-electron chi connectivity index (χ2n) is 6.13. The molecule has 1 unspecified atom stereocenters. The van der Waals surface area contributed by atoms with E-state index in [1.54, 1.807) is 42.5 Å². The smallest absolute Gasteiger partial charge is 0.249 e. The first-order chi connectivity index (χ1) is 13.0. The monoisotopic (exact) mass is 384 g/mol. The minimum absolute atomic E-state index is 0.0308. The molecule has 1 aromatic heterocycles. The van der Waals surface area contributed by atoms with Crippen molar-refractivity contribution in [3.63, 3.8) is 0 Å². The van der Waals surface area contributed by atoms with Gasteiger partial charge in [0.15, 0.2) is 0 Å². The summed E-state index contributed by atoms with van der Waals surface area (Å²) in [6, 6.07) is 13.4. The normalized spacial score (nSPS) is 15.8. The fraction of sp³-hybridized carbons (Fsp3) is 0.105. The van der Waals surface area contributed by atoms with Crippen LogP contribution in [0, 0.1) is 5.82 Å². The third-order valence-electron chi connectivity index (χ3n) is 4.23. The lowest BCUT2D eigenvalue weighted by molar-refractivity contribution is -0.125. The van der Waals surface area contributed by atoms with E-state index < -0.39 is 6.04 Å². The molecular formula is C19H14ClFN4O2. The van der Waals surface area contributed by atoms with Crippen LogP contribution in [-0.2, 0) is 9.59 Å². The van der Waals surface area contributed by atoms with E-state index in [-0.39, 0.29) is 24.1 Å². The van der Waals surface area contributed by atoms with Gasteiger partial charge in [0, 0.05) is 22.3 Å². The molecule has 0 radical (unpaired) electrons. The predicted octanol–water partition coefficient (Wildman–Crippen LogP) is 3.86. The van der Waals surface area contributed by atoms with Crippen LogP contribution < -0.4 is 10.6 Å². The highest BCUT2D eigenvalue weighted by molar-refractivity contribution is 6.30. The van der Waals surface area contributed by atoms with Crippen molar-refractivity contribution in [1.82, 2.24) is 9.78 Å². The van der Waals surface area contributed by atoms with Crippen LogP contribution in [0.3, 0.4) is 0 Å². The summed E-state index contributed by atoms with van der Waals surface area (Å²) in [7, 11) is 0. The number of carbonyl (C=O) groups is 2. The summed E-state index contributed by atoms with van der Waals surface area (Å²) < 4.78 is 14.6. The van der Waals surface area contributed by atoms with E-state index >= 15 is 0 Å².